The summed E-state index contributed by atoms with van der Waals surface area (Å²) in [6.07, 6.45) is 3.78. The number of nitrogens with zero attached hydrogens (tertiary/aromatic N) is 3. The first-order valence-electron chi connectivity index (χ1n) is 8.15. The van der Waals surface area contributed by atoms with Gasteiger partial charge < -0.3 is 14.8 Å². The molecule has 3 rings (SSSR count). The molecule has 2 heterocycles. The fourth-order valence-corrected chi connectivity index (χ4v) is 3.30. The monoisotopic (exact) mass is 312 g/mol. The van der Waals surface area contributed by atoms with Crippen LogP contribution in [0.15, 0.2) is 24.8 Å². The molecule has 1 aromatic carbocycles. The van der Waals surface area contributed by atoms with Crippen LogP contribution < -0.4 is 10.2 Å². The Labute approximate surface area is 137 Å². The molecular formula is C18H24N4O. The molecule has 0 bridgehead atoms. The predicted molar refractivity (Wildman–Crippen MR) is 94.9 cm³/mol. The first kappa shape index (κ1) is 15.6. The molecule has 5 heteroatoms. The summed E-state index contributed by atoms with van der Waals surface area (Å²) in [6.45, 7) is 9.89. The van der Waals surface area contributed by atoms with E-state index in [-0.39, 0.29) is 5.91 Å². The Balaban J connectivity index is 2.00. The normalized spacial score (nSPS) is 18.2. The van der Waals surface area contributed by atoms with Crippen LogP contribution in [0.2, 0.25) is 0 Å². The van der Waals surface area contributed by atoms with Gasteiger partial charge >= 0.3 is 0 Å². The van der Waals surface area contributed by atoms with Crippen LogP contribution in [0.3, 0.4) is 0 Å². The fourth-order valence-electron chi connectivity index (χ4n) is 3.30. The molecule has 2 aromatic rings. The number of carbonyl (C=O) groups is 1. The summed E-state index contributed by atoms with van der Waals surface area (Å²) in [5.74, 6) is 1.51. The number of amides is 1. The van der Waals surface area contributed by atoms with Crippen LogP contribution in [0, 0.1) is 12.8 Å². The zero-order valence-corrected chi connectivity index (χ0v) is 14.1. The predicted octanol–water partition coefficient (Wildman–Crippen LogP) is 3.24. The van der Waals surface area contributed by atoms with Crippen molar-refractivity contribution in [2.75, 3.05) is 23.3 Å². The molecule has 0 saturated carbocycles. The second-order valence-electron chi connectivity index (χ2n) is 6.51. The molecule has 0 aliphatic carbocycles. The van der Waals surface area contributed by atoms with Crippen LogP contribution in [0.25, 0.3) is 11.0 Å². The Morgan fingerprint density at radius 1 is 1.48 bits per heavy atom. The minimum atomic E-state index is -0.201. The first-order chi connectivity index (χ1) is 11.0. The Hall–Kier alpha value is -2.30. The van der Waals surface area contributed by atoms with Crippen molar-refractivity contribution < 1.29 is 4.79 Å². The third-order valence-corrected chi connectivity index (χ3v) is 4.59. The average molecular weight is 312 g/mol. The van der Waals surface area contributed by atoms with Crippen molar-refractivity contribution in [3.63, 3.8) is 0 Å². The highest BCUT2D eigenvalue weighted by atomic mass is 16.1. The van der Waals surface area contributed by atoms with E-state index in [0.29, 0.717) is 5.92 Å². The second kappa shape index (κ2) is 6.07. The van der Waals surface area contributed by atoms with E-state index in [1.165, 1.54) is 18.9 Å². The smallest absolute Gasteiger partial charge is 0.247 e. The van der Waals surface area contributed by atoms with Crippen LogP contribution in [0.4, 0.5) is 11.6 Å². The van der Waals surface area contributed by atoms with E-state index >= 15 is 0 Å². The molecule has 1 atom stereocenters. The third-order valence-electron chi connectivity index (χ3n) is 4.59. The van der Waals surface area contributed by atoms with Crippen LogP contribution in [-0.2, 0) is 11.8 Å². The summed E-state index contributed by atoms with van der Waals surface area (Å²) in [6, 6.07) is 4.03. The van der Waals surface area contributed by atoms with E-state index in [1.54, 1.807) is 0 Å². The molecule has 0 unspecified atom stereocenters. The molecule has 0 spiro atoms. The lowest BCUT2D eigenvalue weighted by Gasteiger charge is -2.31. The molecule has 0 radical (unpaired) electrons. The maximum Gasteiger partial charge on any atom is 0.247 e. The summed E-state index contributed by atoms with van der Waals surface area (Å²) in [7, 11) is 2.06. The Morgan fingerprint density at radius 3 is 2.96 bits per heavy atom. The number of aromatic nitrogens is 2. The second-order valence-corrected chi connectivity index (χ2v) is 6.51. The van der Waals surface area contributed by atoms with Gasteiger partial charge in [-0.3, -0.25) is 4.79 Å². The van der Waals surface area contributed by atoms with Crippen molar-refractivity contribution in [1.82, 2.24) is 9.55 Å². The van der Waals surface area contributed by atoms with Crippen molar-refractivity contribution in [2.24, 2.45) is 13.0 Å². The molecule has 122 valence electrons. The van der Waals surface area contributed by atoms with Crippen LogP contribution in [0.5, 0.6) is 0 Å². The van der Waals surface area contributed by atoms with Crippen molar-refractivity contribution in [1.29, 1.82) is 0 Å². The summed E-state index contributed by atoms with van der Waals surface area (Å²) in [5.41, 5.74) is 3.81. The van der Waals surface area contributed by atoms with Gasteiger partial charge in [-0.25, -0.2) is 4.98 Å². The van der Waals surface area contributed by atoms with Gasteiger partial charge in [-0.2, -0.15) is 0 Å². The summed E-state index contributed by atoms with van der Waals surface area (Å²) < 4.78 is 2.15. The number of hydrogen-bond acceptors (Lipinski definition) is 3. The average Bonchev–Trinajstić information content (AvgIpc) is 2.84. The number of fused-ring (bicyclic) bond motifs is 1. The SMILES string of the molecule is C=CC(=O)Nc1cc2nc(N3CCC[C@@H](C)C3)n(C)c2cc1C. The van der Waals surface area contributed by atoms with Gasteiger partial charge in [0.15, 0.2) is 0 Å². The zero-order valence-electron chi connectivity index (χ0n) is 14.1. The van der Waals surface area contributed by atoms with Gasteiger partial charge in [-0.05, 0) is 49.5 Å². The van der Waals surface area contributed by atoms with Crippen molar-refractivity contribution in [3.05, 3.63) is 30.4 Å². The van der Waals surface area contributed by atoms with Crippen LogP contribution in [0.1, 0.15) is 25.3 Å². The van der Waals surface area contributed by atoms with Gasteiger partial charge in [-0.1, -0.05) is 13.5 Å². The van der Waals surface area contributed by atoms with Gasteiger partial charge in [-0.15, -0.1) is 0 Å². The number of hydrogen-bond donors (Lipinski definition) is 1. The highest BCUT2D eigenvalue weighted by Crippen LogP contribution is 2.29. The van der Waals surface area contributed by atoms with Gasteiger partial charge in [0.2, 0.25) is 11.9 Å². The molecule has 1 amide bonds. The van der Waals surface area contributed by atoms with E-state index in [0.717, 1.165) is 41.3 Å². The number of aryl methyl sites for hydroxylation is 2. The van der Waals surface area contributed by atoms with Gasteiger partial charge in [0.1, 0.15) is 0 Å². The highest BCUT2D eigenvalue weighted by molar-refractivity contribution is 6.00. The van der Waals surface area contributed by atoms with E-state index in [9.17, 15) is 4.79 Å². The molecular weight excluding hydrogens is 288 g/mol. The molecule has 5 nitrogen and oxygen atoms in total. The minimum Gasteiger partial charge on any atom is -0.342 e. The van der Waals surface area contributed by atoms with Gasteiger partial charge in [0.05, 0.1) is 11.0 Å². The molecule has 23 heavy (non-hydrogen) atoms. The van der Waals surface area contributed by atoms with Crippen molar-refractivity contribution >= 4 is 28.6 Å². The number of anilines is 2. The van der Waals surface area contributed by atoms with Crippen LogP contribution in [-0.4, -0.2) is 28.5 Å². The summed E-state index contributed by atoms with van der Waals surface area (Å²) in [5, 5.41) is 2.85. The third kappa shape index (κ3) is 2.96. The Kier molecular flexibility index (Phi) is 4.11. The zero-order chi connectivity index (χ0) is 16.6. The number of rotatable bonds is 3. The number of imidazole rings is 1. The van der Waals surface area contributed by atoms with Gasteiger partial charge in [0.25, 0.3) is 0 Å². The molecule has 1 aliphatic rings. The van der Waals surface area contributed by atoms with Gasteiger partial charge in [0, 0.05) is 25.8 Å². The molecule has 1 N–H and O–H groups in total. The van der Waals surface area contributed by atoms with Crippen molar-refractivity contribution in [3.8, 4) is 0 Å². The lowest BCUT2D eigenvalue weighted by Crippen LogP contribution is -2.35. The van der Waals surface area contributed by atoms with Crippen LogP contribution >= 0.6 is 0 Å². The Bertz CT molecular complexity index is 762. The first-order valence-corrected chi connectivity index (χ1v) is 8.15. The molecule has 1 aliphatic heterocycles. The quantitative estimate of drug-likeness (QED) is 0.885. The van der Waals surface area contributed by atoms with E-state index in [2.05, 4.69) is 41.4 Å². The number of carbonyl (C=O) groups excluding carboxylic acids is 1. The molecule has 1 saturated heterocycles. The number of benzene rings is 1. The number of piperidine rings is 1. The van der Waals surface area contributed by atoms with E-state index < -0.39 is 0 Å². The minimum absolute atomic E-state index is 0.201. The highest BCUT2D eigenvalue weighted by Gasteiger charge is 2.21. The molecule has 1 aromatic heterocycles. The lowest BCUT2D eigenvalue weighted by molar-refractivity contribution is -0.111. The maximum absolute atomic E-state index is 11.6. The topological polar surface area (TPSA) is 50.2 Å². The van der Waals surface area contributed by atoms with E-state index in [1.807, 2.05) is 13.0 Å². The Morgan fingerprint density at radius 2 is 2.26 bits per heavy atom. The summed E-state index contributed by atoms with van der Waals surface area (Å²) >= 11 is 0. The fraction of sp³-hybridized carbons (Fsp3) is 0.444. The maximum atomic E-state index is 11.6. The standard InChI is InChI=1S/C18H24N4O/c1-5-17(23)19-14-10-15-16(9-13(14)3)21(4)18(20-15)22-8-6-7-12(2)11-22/h5,9-10,12H,1,6-8,11H2,2-4H3,(H,19,23)/t12-/m1/s1. The van der Waals surface area contributed by atoms with E-state index in [4.69, 9.17) is 4.98 Å². The summed E-state index contributed by atoms with van der Waals surface area (Å²) in [4.78, 5) is 18.7. The van der Waals surface area contributed by atoms with Crippen molar-refractivity contribution in [2.45, 2.75) is 26.7 Å². The largest absolute Gasteiger partial charge is 0.342 e. The number of nitrogens with one attached hydrogen (secondary N) is 1. The lowest BCUT2D eigenvalue weighted by atomic mass is 10.0. The molecule has 1 fully saturated rings.